The molecule has 10 nitrogen and oxygen atoms in total. The number of aromatic nitrogens is 3. The number of hydrogen-bond donors (Lipinski definition) is 4. The number of aliphatic hydroxyl groups is 1. The van der Waals surface area contributed by atoms with Crippen LogP contribution in [0.25, 0.3) is 0 Å². The van der Waals surface area contributed by atoms with Crippen molar-refractivity contribution in [1.82, 2.24) is 19.9 Å². The number of benzene rings is 2. The Labute approximate surface area is 234 Å². The van der Waals surface area contributed by atoms with Crippen LogP contribution in [-0.4, -0.2) is 65.3 Å². The molecule has 11 heteroatoms. The van der Waals surface area contributed by atoms with Gasteiger partial charge >= 0.3 is 0 Å². The van der Waals surface area contributed by atoms with Crippen molar-refractivity contribution in [2.45, 2.75) is 57.1 Å². The number of halogens is 1. The number of nitrogens with zero attached hydrogens (tertiary/aromatic N) is 5. The summed E-state index contributed by atoms with van der Waals surface area (Å²) >= 11 is 0. The third kappa shape index (κ3) is 6.05. The minimum absolute atomic E-state index is 0.203. The molecule has 0 unspecified atom stereocenters. The van der Waals surface area contributed by atoms with E-state index in [0.29, 0.717) is 40.0 Å². The number of nitrogens with two attached hydrogens (primary N) is 1. The molecular formula is C29H39FN8O2. The van der Waals surface area contributed by atoms with Gasteiger partial charge in [0.05, 0.1) is 29.8 Å². The van der Waals surface area contributed by atoms with Crippen molar-refractivity contribution >= 4 is 34.6 Å². The predicted octanol–water partition coefficient (Wildman–Crippen LogP) is 4.72. The highest BCUT2D eigenvalue weighted by molar-refractivity contribution is 5.79. The number of likely N-dealkylation sites (N-methyl/N-ethyl adjacent to an activating group) is 1. The minimum Gasteiger partial charge on any atom is -0.494 e. The van der Waals surface area contributed by atoms with Crippen LogP contribution in [0.1, 0.15) is 56.6 Å². The summed E-state index contributed by atoms with van der Waals surface area (Å²) in [6, 6.07) is 7.31. The number of anilines is 6. The van der Waals surface area contributed by atoms with Crippen LogP contribution in [0.2, 0.25) is 0 Å². The van der Waals surface area contributed by atoms with Gasteiger partial charge in [-0.3, -0.25) is 0 Å². The molecule has 1 aliphatic heterocycles. The predicted molar refractivity (Wildman–Crippen MR) is 156 cm³/mol. The standard InChI is InChI=1S/C29H39FN8O2/c1-29(2,39)20-11-19(17-8-9-17)21(30)12-23(20)34-27-32-16-33-28(36-27)35-24-13-22(31)25(14-26(24)40-5)38-10-6-7-18(38)15-37(3)4/h11-14,16-18,39H,6-10,15,31H2,1-5H3,(H2,32,33,34,35,36)/t18-/m1/s1. The molecule has 0 amide bonds. The van der Waals surface area contributed by atoms with E-state index in [4.69, 9.17) is 10.5 Å². The van der Waals surface area contributed by atoms with E-state index >= 15 is 0 Å². The number of ether oxygens (including phenoxy) is 1. The molecule has 1 aliphatic carbocycles. The van der Waals surface area contributed by atoms with Gasteiger partial charge in [0.1, 0.15) is 17.9 Å². The van der Waals surface area contributed by atoms with E-state index in [1.54, 1.807) is 27.0 Å². The molecule has 1 saturated carbocycles. The Morgan fingerprint density at radius 2 is 1.80 bits per heavy atom. The Morgan fingerprint density at radius 3 is 2.42 bits per heavy atom. The van der Waals surface area contributed by atoms with Gasteiger partial charge in [0.25, 0.3) is 0 Å². The molecule has 0 bridgehead atoms. The Balaban J connectivity index is 1.39. The lowest BCUT2D eigenvalue weighted by Gasteiger charge is -2.30. The fourth-order valence-corrected chi connectivity index (χ4v) is 5.43. The summed E-state index contributed by atoms with van der Waals surface area (Å²) < 4.78 is 20.6. The normalized spacial score (nSPS) is 17.4. The first-order valence-corrected chi connectivity index (χ1v) is 13.7. The second kappa shape index (κ2) is 11.1. The van der Waals surface area contributed by atoms with Gasteiger partial charge in [-0.15, -0.1) is 0 Å². The maximum atomic E-state index is 14.9. The lowest BCUT2D eigenvalue weighted by Crippen LogP contribution is -2.37. The molecule has 1 saturated heterocycles. The van der Waals surface area contributed by atoms with Crippen LogP contribution < -0.4 is 26.0 Å². The van der Waals surface area contributed by atoms with Gasteiger partial charge in [-0.05, 0) is 83.3 Å². The number of nitrogen functional groups attached to an aromatic ring is 1. The zero-order chi connectivity index (χ0) is 28.6. The molecule has 5 N–H and O–H groups in total. The second-order valence-corrected chi connectivity index (χ2v) is 11.5. The largest absolute Gasteiger partial charge is 0.494 e. The molecule has 3 aromatic rings. The molecular weight excluding hydrogens is 511 g/mol. The molecule has 0 radical (unpaired) electrons. The maximum Gasteiger partial charge on any atom is 0.232 e. The molecule has 2 heterocycles. The Morgan fingerprint density at radius 1 is 1.10 bits per heavy atom. The first-order valence-electron chi connectivity index (χ1n) is 13.7. The molecule has 1 atom stereocenters. The lowest BCUT2D eigenvalue weighted by atomic mass is 9.93. The highest BCUT2D eigenvalue weighted by Gasteiger charge is 2.31. The molecule has 5 rings (SSSR count). The van der Waals surface area contributed by atoms with Crippen LogP contribution in [0.5, 0.6) is 5.75 Å². The van der Waals surface area contributed by atoms with Gasteiger partial charge in [-0.1, -0.05) is 0 Å². The summed E-state index contributed by atoms with van der Waals surface area (Å²) in [5, 5.41) is 17.1. The third-order valence-corrected chi connectivity index (χ3v) is 7.49. The van der Waals surface area contributed by atoms with Crippen molar-refractivity contribution < 1.29 is 14.2 Å². The molecule has 2 fully saturated rings. The van der Waals surface area contributed by atoms with Crippen molar-refractivity contribution in [3.63, 3.8) is 0 Å². The van der Waals surface area contributed by atoms with Gasteiger partial charge in [-0.2, -0.15) is 4.98 Å². The molecule has 40 heavy (non-hydrogen) atoms. The lowest BCUT2D eigenvalue weighted by molar-refractivity contribution is 0.0792. The molecule has 1 aromatic heterocycles. The SMILES string of the molecule is COc1cc(N2CCC[C@@H]2CN(C)C)c(N)cc1Nc1ncnc(Nc2cc(F)c(C3CC3)cc2C(C)(C)O)n1. The number of rotatable bonds is 10. The zero-order valence-electron chi connectivity index (χ0n) is 23.8. The quantitative estimate of drug-likeness (QED) is 0.264. The molecule has 2 aliphatic rings. The van der Waals surface area contributed by atoms with Gasteiger partial charge < -0.3 is 36.0 Å². The second-order valence-electron chi connectivity index (χ2n) is 11.5. The van der Waals surface area contributed by atoms with E-state index in [1.807, 2.05) is 12.1 Å². The van der Waals surface area contributed by atoms with Crippen molar-refractivity contribution in [2.75, 3.05) is 55.6 Å². The summed E-state index contributed by atoms with van der Waals surface area (Å²) in [7, 11) is 5.77. The summed E-state index contributed by atoms with van der Waals surface area (Å²) in [5.41, 5.74) is 9.14. The van der Waals surface area contributed by atoms with Crippen LogP contribution in [-0.2, 0) is 5.60 Å². The molecule has 2 aromatic carbocycles. The molecule has 0 spiro atoms. The first-order chi connectivity index (χ1) is 19.0. The van der Waals surface area contributed by atoms with E-state index in [9.17, 15) is 9.50 Å². The van der Waals surface area contributed by atoms with Gasteiger partial charge in [0.2, 0.25) is 11.9 Å². The van der Waals surface area contributed by atoms with E-state index in [0.717, 1.165) is 44.5 Å². The van der Waals surface area contributed by atoms with Gasteiger partial charge in [0, 0.05) is 36.4 Å². The highest BCUT2D eigenvalue weighted by Crippen LogP contribution is 2.44. The Kier molecular flexibility index (Phi) is 7.70. The zero-order valence-corrected chi connectivity index (χ0v) is 23.8. The Bertz CT molecular complexity index is 1370. The van der Waals surface area contributed by atoms with Crippen molar-refractivity contribution in [2.24, 2.45) is 0 Å². The summed E-state index contributed by atoms with van der Waals surface area (Å²) in [4.78, 5) is 17.5. The van der Waals surface area contributed by atoms with Crippen LogP contribution >= 0.6 is 0 Å². The van der Waals surface area contributed by atoms with E-state index in [2.05, 4.69) is 49.5 Å². The Hall–Kier alpha value is -3.70. The number of hydrogen-bond acceptors (Lipinski definition) is 10. The van der Waals surface area contributed by atoms with Crippen LogP contribution in [0.3, 0.4) is 0 Å². The minimum atomic E-state index is -1.19. The van der Waals surface area contributed by atoms with Crippen LogP contribution in [0.15, 0.2) is 30.6 Å². The van der Waals surface area contributed by atoms with Crippen molar-refractivity contribution in [3.05, 3.63) is 47.5 Å². The number of methoxy groups -OCH3 is 1. The van der Waals surface area contributed by atoms with E-state index < -0.39 is 5.60 Å². The van der Waals surface area contributed by atoms with Crippen LogP contribution in [0.4, 0.5) is 39.0 Å². The fraction of sp³-hybridized carbons (Fsp3) is 0.483. The van der Waals surface area contributed by atoms with Crippen molar-refractivity contribution in [3.8, 4) is 5.75 Å². The number of nitrogens with one attached hydrogen (secondary N) is 2. The summed E-state index contributed by atoms with van der Waals surface area (Å²) in [5.74, 6) is 0.970. The average Bonchev–Trinajstić information content (AvgIpc) is 3.62. The van der Waals surface area contributed by atoms with Crippen molar-refractivity contribution in [1.29, 1.82) is 0 Å². The summed E-state index contributed by atoms with van der Waals surface area (Å²) in [6.45, 7) is 5.24. The smallest absolute Gasteiger partial charge is 0.232 e. The first kappa shape index (κ1) is 27.9. The van der Waals surface area contributed by atoms with Gasteiger partial charge in [0.15, 0.2) is 0 Å². The van der Waals surface area contributed by atoms with E-state index in [-0.39, 0.29) is 23.6 Å². The fourth-order valence-electron chi connectivity index (χ4n) is 5.43. The topological polar surface area (TPSA) is 125 Å². The van der Waals surface area contributed by atoms with Gasteiger partial charge in [-0.25, -0.2) is 14.4 Å². The average molecular weight is 551 g/mol. The van der Waals surface area contributed by atoms with Crippen LogP contribution in [0, 0.1) is 5.82 Å². The molecule has 214 valence electrons. The summed E-state index contributed by atoms with van der Waals surface area (Å²) in [6.07, 6.45) is 5.51. The third-order valence-electron chi connectivity index (χ3n) is 7.49. The van der Waals surface area contributed by atoms with E-state index in [1.165, 1.54) is 12.4 Å². The highest BCUT2D eigenvalue weighted by atomic mass is 19.1. The monoisotopic (exact) mass is 550 g/mol. The maximum absolute atomic E-state index is 14.9.